The number of hydrogen-bond donors (Lipinski definition) is 0. The minimum absolute atomic E-state index is 0.0152. The zero-order chi connectivity index (χ0) is 22.6. The monoisotopic (exact) mass is 423 g/mol. The number of carbonyl (C=O) groups excluding carboxylic acids is 2. The van der Waals surface area contributed by atoms with Crippen molar-refractivity contribution in [3.63, 3.8) is 0 Å². The van der Waals surface area contributed by atoms with E-state index < -0.39 is 43.4 Å². The fourth-order valence-electron chi connectivity index (χ4n) is 2.78. The molecule has 0 saturated carbocycles. The summed E-state index contributed by atoms with van der Waals surface area (Å²) < 4.78 is 48.7. The fraction of sp³-hybridized carbons (Fsp3) is 0.895. The molecule has 1 atom stereocenters. The molecule has 0 rings (SSSR count). The van der Waals surface area contributed by atoms with Gasteiger partial charge in [-0.25, -0.2) is 13.2 Å². The number of ether oxygens (including phenoxy) is 3. The molecule has 28 heavy (non-hydrogen) atoms. The molecule has 0 aliphatic heterocycles. The van der Waals surface area contributed by atoms with E-state index in [0.29, 0.717) is 12.8 Å². The molecule has 0 aliphatic carbocycles. The summed E-state index contributed by atoms with van der Waals surface area (Å²) in [7, 11) is -3.39. The third-order valence-electron chi connectivity index (χ3n) is 5.22. The first-order chi connectivity index (χ1) is 12.4. The van der Waals surface area contributed by atoms with E-state index in [1.807, 2.05) is 13.8 Å². The quantitative estimate of drug-likeness (QED) is 0.283. The van der Waals surface area contributed by atoms with Crippen molar-refractivity contribution >= 4 is 22.1 Å². The van der Waals surface area contributed by atoms with Gasteiger partial charge < -0.3 is 18.8 Å². The predicted octanol–water partition coefficient (Wildman–Crippen LogP) is 3.00. The maximum Gasteiger partial charge on any atom is 0.379 e. The molecule has 9 heteroatoms. The lowest BCUT2D eigenvalue weighted by Crippen LogP contribution is -2.49. The second-order valence-corrected chi connectivity index (χ2v) is 11.0. The smallest absolute Gasteiger partial charge is 0.379 e. The van der Waals surface area contributed by atoms with E-state index in [2.05, 4.69) is 0 Å². The van der Waals surface area contributed by atoms with E-state index in [0.717, 1.165) is 7.11 Å². The van der Waals surface area contributed by atoms with E-state index in [1.165, 1.54) is 20.8 Å². The fourth-order valence-corrected chi connectivity index (χ4v) is 3.35. The van der Waals surface area contributed by atoms with Crippen LogP contribution in [0.5, 0.6) is 0 Å². The van der Waals surface area contributed by atoms with Crippen molar-refractivity contribution in [3.8, 4) is 0 Å². The van der Waals surface area contributed by atoms with Crippen molar-refractivity contribution in [2.45, 2.75) is 85.2 Å². The molecule has 0 heterocycles. The molecular formula is C19H35O8S-. The molecule has 0 spiro atoms. The average molecular weight is 424 g/mol. The summed E-state index contributed by atoms with van der Waals surface area (Å²) in [5, 5.41) is 0. The van der Waals surface area contributed by atoms with Crippen molar-refractivity contribution in [1.82, 2.24) is 0 Å². The number of esters is 2. The zero-order valence-electron chi connectivity index (χ0n) is 18.5. The van der Waals surface area contributed by atoms with Gasteiger partial charge in [0.1, 0.15) is 0 Å². The molecule has 0 aromatic carbocycles. The van der Waals surface area contributed by atoms with Crippen LogP contribution in [0.1, 0.15) is 74.7 Å². The molecule has 0 saturated heterocycles. The van der Waals surface area contributed by atoms with Crippen molar-refractivity contribution in [2.24, 2.45) is 10.8 Å². The summed E-state index contributed by atoms with van der Waals surface area (Å²) in [6.45, 7) is 12.6. The first-order valence-corrected chi connectivity index (χ1v) is 10.7. The van der Waals surface area contributed by atoms with E-state index in [-0.39, 0.29) is 13.0 Å². The van der Waals surface area contributed by atoms with Crippen LogP contribution >= 0.6 is 0 Å². The molecule has 0 radical (unpaired) electrons. The Morgan fingerprint density at radius 1 is 0.929 bits per heavy atom. The Labute approximate surface area is 169 Å². The second kappa shape index (κ2) is 9.09. The topological polar surface area (TPSA) is 119 Å². The molecule has 0 amide bonds. The van der Waals surface area contributed by atoms with Gasteiger partial charge in [0.15, 0.2) is 0 Å². The van der Waals surface area contributed by atoms with Gasteiger partial charge in [-0.3, -0.25) is 4.79 Å². The van der Waals surface area contributed by atoms with Crippen LogP contribution in [-0.4, -0.2) is 49.2 Å². The summed E-state index contributed by atoms with van der Waals surface area (Å²) in [6, 6.07) is 0. The van der Waals surface area contributed by atoms with Gasteiger partial charge in [-0.05, 0) is 45.4 Å². The number of hydrogen-bond acceptors (Lipinski definition) is 8. The highest BCUT2D eigenvalue weighted by molar-refractivity contribution is 7.87. The summed E-state index contributed by atoms with van der Waals surface area (Å²) in [5.74, 6) is -3.47. The molecule has 0 N–H and O–H groups in total. The van der Waals surface area contributed by atoms with Gasteiger partial charge in [0.25, 0.3) is 0 Å². The zero-order valence-corrected chi connectivity index (χ0v) is 19.3. The minimum atomic E-state index is -4.54. The van der Waals surface area contributed by atoms with E-state index in [1.54, 1.807) is 20.8 Å². The second-order valence-electron chi connectivity index (χ2n) is 8.94. The Morgan fingerprint density at radius 2 is 1.39 bits per heavy atom. The molecule has 8 nitrogen and oxygen atoms in total. The van der Waals surface area contributed by atoms with Gasteiger partial charge in [0, 0.05) is 6.92 Å². The summed E-state index contributed by atoms with van der Waals surface area (Å²) >= 11 is 0. The number of methoxy groups -OCH3 is 1. The van der Waals surface area contributed by atoms with Crippen LogP contribution in [0.2, 0.25) is 0 Å². The van der Waals surface area contributed by atoms with E-state index >= 15 is 0 Å². The van der Waals surface area contributed by atoms with Crippen LogP contribution in [0.25, 0.3) is 0 Å². The Hall–Kier alpha value is -1.19. The normalized spacial score (nSPS) is 15.6. The van der Waals surface area contributed by atoms with Crippen molar-refractivity contribution in [2.75, 3.05) is 13.7 Å². The summed E-state index contributed by atoms with van der Waals surface area (Å²) in [6.07, 6.45) is 1.01. The first-order valence-electron chi connectivity index (χ1n) is 9.31. The molecule has 0 bridgehead atoms. The van der Waals surface area contributed by atoms with Crippen LogP contribution < -0.4 is 0 Å². The Bertz CT molecular complexity index is 661. The van der Waals surface area contributed by atoms with Crippen LogP contribution in [0, 0.1) is 10.8 Å². The largest absolute Gasteiger partial charge is 0.748 e. The lowest BCUT2D eigenvalue weighted by molar-refractivity contribution is -0.247. The number of carbonyl (C=O) groups is 2. The minimum Gasteiger partial charge on any atom is -0.748 e. The molecule has 0 aliphatic rings. The average Bonchev–Trinajstić information content (AvgIpc) is 2.56. The maximum atomic E-state index is 12.6. The van der Waals surface area contributed by atoms with Gasteiger partial charge in [0.05, 0.1) is 34.0 Å². The molecule has 166 valence electrons. The van der Waals surface area contributed by atoms with Crippen molar-refractivity contribution in [3.05, 3.63) is 0 Å². The first kappa shape index (κ1) is 26.8. The van der Waals surface area contributed by atoms with Crippen LogP contribution in [0.15, 0.2) is 0 Å². The lowest BCUT2D eigenvalue weighted by atomic mass is 9.84. The molecule has 1 unspecified atom stereocenters. The Balaban J connectivity index is 5.51. The summed E-state index contributed by atoms with van der Waals surface area (Å²) in [4.78, 5) is 24.9. The van der Waals surface area contributed by atoms with E-state index in [4.69, 9.17) is 14.2 Å². The predicted molar refractivity (Wildman–Crippen MR) is 103 cm³/mol. The maximum absolute atomic E-state index is 12.6. The van der Waals surface area contributed by atoms with Crippen LogP contribution in [0.3, 0.4) is 0 Å². The highest BCUT2D eigenvalue weighted by Crippen LogP contribution is 2.35. The molecular weight excluding hydrogens is 388 g/mol. The molecule has 0 aromatic heterocycles. The lowest BCUT2D eigenvalue weighted by Gasteiger charge is -2.38. The molecule has 0 aromatic rings. The van der Waals surface area contributed by atoms with Gasteiger partial charge in [-0.1, -0.05) is 27.7 Å². The highest BCUT2D eigenvalue weighted by Gasteiger charge is 2.46. The third kappa shape index (κ3) is 6.70. The van der Waals surface area contributed by atoms with Crippen LogP contribution in [-0.2, 0) is 33.9 Å². The van der Waals surface area contributed by atoms with Gasteiger partial charge in [-0.15, -0.1) is 0 Å². The summed E-state index contributed by atoms with van der Waals surface area (Å²) in [5.41, 5.74) is -1.59. The van der Waals surface area contributed by atoms with E-state index in [9.17, 15) is 22.6 Å². The highest BCUT2D eigenvalue weighted by atomic mass is 32.2. The van der Waals surface area contributed by atoms with Crippen LogP contribution in [0.4, 0.5) is 0 Å². The van der Waals surface area contributed by atoms with Gasteiger partial charge >= 0.3 is 17.7 Å². The van der Waals surface area contributed by atoms with Gasteiger partial charge in [-0.2, -0.15) is 0 Å². The Kier molecular flexibility index (Phi) is 8.70. The SMILES string of the molecule is CCC(C)(CC)C(=O)OC(C)(OCC(C)(C)CC(C)(C)S(=O)(=O)[O-])C(=O)OC. The van der Waals surface area contributed by atoms with Gasteiger partial charge in [0.2, 0.25) is 0 Å². The molecule has 0 fully saturated rings. The van der Waals surface area contributed by atoms with Crippen molar-refractivity contribution < 1.29 is 36.8 Å². The Morgan fingerprint density at radius 3 is 1.75 bits per heavy atom. The number of rotatable bonds is 11. The van der Waals surface area contributed by atoms with Crippen molar-refractivity contribution in [1.29, 1.82) is 0 Å². The standard InChI is InChI=1S/C19H36O8S/c1-10-18(7,11-2)14(20)27-19(8,15(21)25-9)26-13-16(3,4)12-17(5,6)28(22,23)24/h10-13H2,1-9H3,(H,22,23,24)/p-1. The third-order valence-corrected chi connectivity index (χ3v) is 6.71.